The summed E-state index contributed by atoms with van der Waals surface area (Å²) in [5.41, 5.74) is 1.07. The molecule has 0 spiro atoms. The van der Waals surface area contributed by atoms with Crippen molar-refractivity contribution in [1.29, 1.82) is 0 Å². The number of alkyl carbamates (subject to hydrolysis) is 1. The van der Waals surface area contributed by atoms with Gasteiger partial charge in [0.15, 0.2) is 0 Å². The van der Waals surface area contributed by atoms with Crippen LogP contribution in [0, 0.1) is 5.92 Å². The SMILES string of the molecule is CC(c1ccccc1)N1CC(C(=O)N2CCC(NC(=O)OCCCl)CC2)CC1=O. The van der Waals surface area contributed by atoms with Crippen LogP contribution in [0.3, 0.4) is 0 Å². The molecule has 3 amide bonds. The minimum absolute atomic E-state index is 0.0123. The molecule has 2 fully saturated rings. The molecule has 7 nitrogen and oxygen atoms in total. The van der Waals surface area contributed by atoms with E-state index in [0.29, 0.717) is 32.5 Å². The average molecular weight is 422 g/mol. The third-order valence-electron chi connectivity index (χ3n) is 5.70. The number of hydrogen-bond donors (Lipinski definition) is 1. The predicted molar refractivity (Wildman–Crippen MR) is 109 cm³/mol. The molecule has 0 bridgehead atoms. The number of alkyl halides is 1. The summed E-state index contributed by atoms with van der Waals surface area (Å²) in [7, 11) is 0. The van der Waals surface area contributed by atoms with Crippen LogP contribution in [0.1, 0.15) is 37.8 Å². The lowest BCUT2D eigenvalue weighted by Crippen LogP contribution is -2.48. The van der Waals surface area contributed by atoms with E-state index < -0.39 is 6.09 Å². The Balaban J connectivity index is 1.49. The summed E-state index contributed by atoms with van der Waals surface area (Å²) in [6.07, 6.45) is 1.14. The fourth-order valence-electron chi connectivity index (χ4n) is 4.02. The maximum Gasteiger partial charge on any atom is 0.407 e. The van der Waals surface area contributed by atoms with Gasteiger partial charge in [0.1, 0.15) is 6.61 Å². The van der Waals surface area contributed by atoms with E-state index >= 15 is 0 Å². The molecule has 158 valence electrons. The lowest BCUT2D eigenvalue weighted by atomic mass is 10.0. The van der Waals surface area contributed by atoms with Crippen molar-refractivity contribution in [2.24, 2.45) is 5.92 Å². The van der Waals surface area contributed by atoms with Gasteiger partial charge in [-0.2, -0.15) is 0 Å². The number of carbonyl (C=O) groups excluding carboxylic acids is 3. The van der Waals surface area contributed by atoms with E-state index in [1.54, 1.807) is 4.90 Å². The molecule has 1 N–H and O–H groups in total. The monoisotopic (exact) mass is 421 g/mol. The second-order valence-electron chi connectivity index (χ2n) is 7.60. The number of nitrogens with one attached hydrogen (secondary N) is 1. The number of halogens is 1. The number of benzene rings is 1. The Labute approximate surface area is 176 Å². The Kier molecular flexibility index (Phi) is 7.36. The molecule has 1 aromatic rings. The highest BCUT2D eigenvalue weighted by molar-refractivity contribution is 6.18. The largest absolute Gasteiger partial charge is 0.448 e. The highest BCUT2D eigenvalue weighted by Crippen LogP contribution is 2.30. The zero-order valence-electron chi connectivity index (χ0n) is 16.7. The summed E-state index contributed by atoms with van der Waals surface area (Å²) >= 11 is 5.50. The summed E-state index contributed by atoms with van der Waals surface area (Å²) < 4.78 is 4.93. The molecule has 8 heteroatoms. The molecular weight excluding hydrogens is 394 g/mol. The third kappa shape index (κ3) is 5.41. The molecule has 2 aliphatic heterocycles. The van der Waals surface area contributed by atoms with E-state index in [1.807, 2.05) is 42.2 Å². The van der Waals surface area contributed by atoms with Crippen molar-refractivity contribution in [2.45, 2.75) is 38.3 Å². The predicted octanol–water partition coefficient (Wildman–Crippen LogP) is 2.55. The van der Waals surface area contributed by atoms with Gasteiger partial charge in [-0.1, -0.05) is 30.3 Å². The first-order chi connectivity index (χ1) is 14.0. The van der Waals surface area contributed by atoms with E-state index in [2.05, 4.69) is 5.32 Å². The number of ether oxygens (including phenoxy) is 1. The molecule has 0 aliphatic carbocycles. The number of likely N-dealkylation sites (tertiary alicyclic amines) is 2. The summed E-state index contributed by atoms with van der Waals surface area (Å²) in [5.74, 6) is 0.0230. The minimum Gasteiger partial charge on any atom is -0.448 e. The molecule has 2 aliphatic rings. The van der Waals surface area contributed by atoms with Gasteiger partial charge in [0, 0.05) is 32.1 Å². The maximum atomic E-state index is 12.9. The average Bonchev–Trinajstić information content (AvgIpc) is 3.14. The number of carbonyl (C=O) groups is 3. The summed E-state index contributed by atoms with van der Waals surface area (Å²) in [6, 6.07) is 9.81. The smallest absolute Gasteiger partial charge is 0.407 e. The fourth-order valence-corrected chi connectivity index (χ4v) is 4.10. The zero-order valence-corrected chi connectivity index (χ0v) is 17.4. The minimum atomic E-state index is -0.470. The second kappa shape index (κ2) is 9.96. The molecule has 0 radical (unpaired) electrons. The van der Waals surface area contributed by atoms with Gasteiger partial charge < -0.3 is 19.9 Å². The molecule has 2 saturated heterocycles. The Morgan fingerprint density at radius 2 is 1.93 bits per heavy atom. The van der Waals surface area contributed by atoms with Crippen LogP contribution >= 0.6 is 11.6 Å². The van der Waals surface area contributed by atoms with Gasteiger partial charge in [0.2, 0.25) is 11.8 Å². The molecular formula is C21H28ClN3O4. The molecule has 29 heavy (non-hydrogen) atoms. The summed E-state index contributed by atoms with van der Waals surface area (Å²) in [5, 5.41) is 2.81. The van der Waals surface area contributed by atoms with Crippen LogP contribution in [-0.4, -0.2) is 65.9 Å². The lowest BCUT2D eigenvalue weighted by molar-refractivity contribution is -0.136. The van der Waals surface area contributed by atoms with E-state index in [1.165, 1.54) is 0 Å². The normalized spacial score (nSPS) is 21.2. The van der Waals surface area contributed by atoms with E-state index in [0.717, 1.165) is 5.56 Å². The van der Waals surface area contributed by atoms with Crippen molar-refractivity contribution >= 4 is 29.5 Å². The Bertz CT molecular complexity index is 722. The van der Waals surface area contributed by atoms with Crippen LogP contribution < -0.4 is 5.32 Å². The molecule has 1 aromatic carbocycles. The molecule has 2 atom stereocenters. The summed E-state index contributed by atoms with van der Waals surface area (Å²) in [4.78, 5) is 40.7. The van der Waals surface area contributed by atoms with Crippen LogP contribution in [0.15, 0.2) is 30.3 Å². The highest BCUT2D eigenvalue weighted by Gasteiger charge is 2.39. The van der Waals surface area contributed by atoms with Crippen LogP contribution in [0.25, 0.3) is 0 Å². The third-order valence-corrected chi connectivity index (χ3v) is 5.85. The second-order valence-corrected chi connectivity index (χ2v) is 7.98. The van der Waals surface area contributed by atoms with E-state index in [4.69, 9.17) is 16.3 Å². The molecule has 2 unspecified atom stereocenters. The Hall–Kier alpha value is -2.28. The van der Waals surface area contributed by atoms with Gasteiger partial charge in [-0.15, -0.1) is 11.6 Å². The van der Waals surface area contributed by atoms with Gasteiger partial charge in [0.05, 0.1) is 17.8 Å². The lowest BCUT2D eigenvalue weighted by Gasteiger charge is -2.33. The topological polar surface area (TPSA) is 79.0 Å². The van der Waals surface area contributed by atoms with E-state index in [9.17, 15) is 14.4 Å². The maximum absolute atomic E-state index is 12.9. The van der Waals surface area contributed by atoms with Crippen LogP contribution in [0.5, 0.6) is 0 Å². The van der Waals surface area contributed by atoms with Crippen molar-refractivity contribution in [2.75, 3.05) is 32.1 Å². The number of piperidine rings is 1. The molecule has 3 rings (SSSR count). The van der Waals surface area contributed by atoms with Gasteiger partial charge in [-0.25, -0.2) is 4.79 Å². The van der Waals surface area contributed by atoms with E-state index in [-0.39, 0.29) is 48.7 Å². The van der Waals surface area contributed by atoms with Gasteiger partial charge in [-0.3, -0.25) is 9.59 Å². The van der Waals surface area contributed by atoms with Crippen molar-refractivity contribution < 1.29 is 19.1 Å². The first kappa shape index (κ1) is 21.4. The van der Waals surface area contributed by atoms with Crippen molar-refractivity contribution in [1.82, 2.24) is 15.1 Å². The fraction of sp³-hybridized carbons (Fsp3) is 0.571. The quantitative estimate of drug-likeness (QED) is 0.716. The number of hydrogen-bond acceptors (Lipinski definition) is 4. The van der Waals surface area contributed by atoms with Crippen molar-refractivity contribution in [3.8, 4) is 0 Å². The zero-order chi connectivity index (χ0) is 20.8. The van der Waals surface area contributed by atoms with Gasteiger partial charge >= 0.3 is 6.09 Å². The van der Waals surface area contributed by atoms with Gasteiger partial charge in [0.25, 0.3) is 0 Å². The van der Waals surface area contributed by atoms with Gasteiger partial charge in [-0.05, 0) is 25.3 Å². The number of rotatable bonds is 6. The highest BCUT2D eigenvalue weighted by atomic mass is 35.5. The number of nitrogens with zero attached hydrogens (tertiary/aromatic N) is 2. The Morgan fingerprint density at radius 1 is 1.24 bits per heavy atom. The van der Waals surface area contributed by atoms with Crippen LogP contribution in [0.2, 0.25) is 0 Å². The number of amides is 3. The van der Waals surface area contributed by atoms with Crippen LogP contribution in [-0.2, 0) is 14.3 Å². The first-order valence-electron chi connectivity index (χ1n) is 10.1. The van der Waals surface area contributed by atoms with Crippen molar-refractivity contribution in [3.63, 3.8) is 0 Å². The Morgan fingerprint density at radius 3 is 2.59 bits per heavy atom. The van der Waals surface area contributed by atoms with Crippen LogP contribution in [0.4, 0.5) is 4.79 Å². The molecule has 2 heterocycles. The first-order valence-corrected chi connectivity index (χ1v) is 10.7. The summed E-state index contributed by atoms with van der Waals surface area (Å²) in [6.45, 7) is 3.77. The van der Waals surface area contributed by atoms with Crippen molar-refractivity contribution in [3.05, 3.63) is 35.9 Å². The standard InChI is InChI=1S/C21H28ClN3O4/c1-15(16-5-3-2-4-6-16)25-14-17(13-19(25)26)20(27)24-10-7-18(8-11-24)23-21(28)29-12-9-22/h2-6,15,17-18H,7-14H2,1H3,(H,23,28). The molecule has 0 saturated carbocycles. The molecule has 0 aromatic heterocycles.